The molecule has 7 nitrogen and oxygen atoms in total. The average molecular weight is 429 g/mol. The molecule has 0 bridgehead atoms. The Labute approximate surface area is 187 Å². The zero-order valence-corrected chi connectivity index (χ0v) is 18.4. The minimum absolute atomic E-state index is 0.725. The van der Waals surface area contributed by atoms with E-state index in [0.29, 0.717) is 0 Å². The zero-order valence-electron chi connectivity index (χ0n) is 18.4. The van der Waals surface area contributed by atoms with Crippen molar-refractivity contribution in [3.8, 4) is 11.4 Å². The maximum absolute atomic E-state index is 5.58. The number of likely N-dealkylation sites (N-methyl/N-ethyl adjacent to an activating group) is 1. The first-order valence-electron chi connectivity index (χ1n) is 11.4. The molecule has 0 atom stereocenters. The highest BCUT2D eigenvalue weighted by molar-refractivity contribution is 5.91. The van der Waals surface area contributed by atoms with Crippen LogP contribution in [0.15, 0.2) is 48.5 Å². The van der Waals surface area contributed by atoms with Crippen LogP contribution in [0.25, 0.3) is 33.3 Å². The molecule has 7 heteroatoms. The van der Waals surface area contributed by atoms with Crippen LogP contribution in [-0.2, 0) is 4.74 Å². The molecule has 32 heavy (non-hydrogen) atoms. The van der Waals surface area contributed by atoms with Gasteiger partial charge in [0.25, 0.3) is 0 Å². The number of imidazole rings is 1. The first-order chi connectivity index (χ1) is 15.7. The number of pyridine rings is 1. The fourth-order valence-corrected chi connectivity index (χ4v) is 4.68. The molecule has 2 fully saturated rings. The largest absolute Gasteiger partial charge is 0.378 e. The summed E-state index contributed by atoms with van der Waals surface area (Å²) in [4.78, 5) is 20.7. The van der Waals surface area contributed by atoms with Crippen molar-refractivity contribution in [3.63, 3.8) is 0 Å². The molecular formula is C25H28N6O. The Morgan fingerprint density at radius 1 is 0.812 bits per heavy atom. The van der Waals surface area contributed by atoms with Gasteiger partial charge in [-0.1, -0.05) is 18.2 Å². The van der Waals surface area contributed by atoms with Crippen LogP contribution in [-0.4, -0.2) is 79.4 Å². The zero-order chi connectivity index (χ0) is 21.5. The molecule has 0 amide bonds. The van der Waals surface area contributed by atoms with Crippen molar-refractivity contribution >= 4 is 33.4 Å². The fourth-order valence-electron chi connectivity index (χ4n) is 4.68. The van der Waals surface area contributed by atoms with Crippen LogP contribution in [0.1, 0.15) is 0 Å². The van der Waals surface area contributed by atoms with Gasteiger partial charge in [-0.25, -0.2) is 9.97 Å². The molecule has 2 aliphatic rings. The number of aromatic amines is 1. The Kier molecular flexibility index (Phi) is 4.92. The predicted octanol–water partition coefficient (Wildman–Crippen LogP) is 3.37. The van der Waals surface area contributed by atoms with Crippen LogP contribution in [0.3, 0.4) is 0 Å². The average Bonchev–Trinajstić information content (AvgIpc) is 3.27. The van der Waals surface area contributed by atoms with Gasteiger partial charge in [0, 0.05) is 50.3 Å². The van der Waals surface area contributed by atoms with Gasteiger partial charge in [-0.3, -0.25) is 0 Å². The number of fused-ring (bicyclic) bond motifs is 2. The topological polar surface area (TPSA) is 60.5 Å². The smallest absolute Gasteiger partial charge is 0.142 e. The monoisotopic (exact) mass is 428 g/mol. The SMILES string of the molecule is CN1CCN(c2ccc3nc(-c4cc5ccccc5nc4N4CCOCC4)[nH]c3c2)CC1. The van der Waals surface area contributed by atoms with Crippen molar-refractivity contribution in [2.45, 2.75) is 0 Å². The Morgan fingerprint density at radius 3 is 2.47 bits per heavy atom. The number of H-pyrrole nitrogens is 1. The second kappa shape index (κ2) is 8.07. The number of hydrogen-bond acceptors (Lipinski definition) is 6. The van der Waals surface area contributed by atoms with Crippen molar-refractivity contribution in [2.24, 2.45) is 0 Å². The molecule has 0 aliphatic carbocycles. The molecule has 6 rings (SSSR count). The Morgan fingerprint density at radius 2 is 1.62 bits per heavy atom. The van der Waals surface area contributed by atoms with E-state index in [1.165, 1.54) is 5.69 Å². The molecule has 0 spiro atoms. The number of anilines is 2. The lowest BCUT2D eigenvalue weighted by atomic mass is 10.1. The van der Waals surface area contributed by atoms with E-state index >= 15 is 0 Å². The number of benzene rings is 2. The van der Waals surface area contributed by atoms with Gasteiger partial charge in [-0.05, 0) is 37.4 Å². The van der Waals surface area contributed by atoms with E-state index in [1.54, 1.807) is 0 Å². The van der Waals surface area contributed by atoms with Gasteiger partial charge in [0.1, 0.15) is 11.6 Å². The van der Waals surface area contributed by atoms with Crippen molar-refractivity contribution in [1.29, 1.82) is 0 Å². The summed E-state index contributed by atoms with van der Waals surface area (Å²) in [5.41, 5.74) is 5.36. The number of nitrogens with zero attached hydrogens (tertiary/aromatic N) is 5. The number of rotatable bonds is 3. The van der Waals surface area contributed by atoms with E-state index in [4.69, 9.17) is 14.7 Å². The number of morpholine rings is 1. The molecule has 0 saturated carbocycles. The van der Waals surface area contributed by atoms with Crippen LogP contribution in [0.4, 0.5) is 11.5 Å². The lowest BCUT2D eigenvalue weighted by Crippen LogP contribution is -2.44. The minimum Gasteiger partial charge on any atom is -0.378 e. The summed E-state index contributed by atoms with van der Waals surface area (Å²) in [6, 6.07) is 17.1. The summed E-state index contributed by atoms with van der Waals surface area (Å²) in [5, 5.41) is 1.12. The standard InChI is InChI=1S/C25H28N6O/c1-29-8-10-30(11-9-29)19-6-7-22-23(17-19)27-24(26-22)20-16-18-4-2-3-5-21(18)28-25(20)31-12-14-32-15-13-31/h2-7,16-17H,8-15H2,1H3,(H,26,27). The first-order valence-corrected chi connectivity index (χ1v) is 11.4. The third-order valence-corrected chi connectivity index (χ3v) is 6.60. The lowest BCUT2D eigenvalue weighted by molar-refractivity contribution is 0.122. The highest BCUT2D eigenvalue weighted by atomic mass is 16.5. The summed E-state index contributed by atoms with van der Waals surface area (Å²) < 4.78 is 5.58. The van der Waals surface area contributed by atoms with Crippen LogP contribution in [0.5, 0.6) is 0 Å². The molecule has 164 valence electrons. The maximum Gasteiger partial charge on any atom is 0.142 e. The van der Waals surface area contributed by atoms with Crippen molar-refractivity contribution in [2.75, 3.05) is 69.3 Å². The number of para-hydroxylation sites is 1. The summed E-state index contributed by atoms with van der Waals surface area (Å²) >= 11 is 0. The van der Waals surface area contributed by atoms with E-state index in [-0.39, 0.29) is 0 Å². The Balaban J connectivity index is 1.42. The number of ether oxygens (including phenoxy) is 1. The molecule has 2 saturated heterocycles. The number of hydrogen-bond donors (Lipinski definition) is 1. The third-order valence-electron chi connectivity index (χ3n) is 6.60. The lowest BCUT2D eigenvalue weighted by Gasteiger charge is -2.34. The van der Waals surface area contributed by atoms with Crippen LogP contribution in [0, 0.1) is 0 Å². The molecule has 4 heterocycles. The summed E-state index contributed by atoms with van der Waals surface area (Å²) in [6.07, 6.45) is 0. The fraction of sp³-hybridized carbons (Fsp3) is 0.360. The molecular weight excluding hydrogens is 400 g/mol. The van der Waals surface area contributed by atoms with Gasteiger partial charge in [0.2, 0.25) is 0 Å². The number of aromatic nitrogens is 3. The van der Waals surface area contributed by atoms with Crippen molar-refractivity contribution in [1.82, 2.24) is 19.9 Å². The van der Waals surface area contributed by atoms with Crippen LogP contribution in [0.2, 0.25) is 0 Å². The number of nitrogens with one attached hydrogen (secondary N) is 1. The van der Waals surface area contributed by atoms with E-state index in [0.717, 1.165) is 91.6 Å². The first kappa shape index (κ1) is 19.5. The second-order valence-corrected chi connectivity index (χ2v) is 8.73. The van der Waals surface area contributed by atoms with Crippen LogP contribution >= 0.6 is 0 Å². The van der Waals surface area contributed by atoms with E-state index in [1.807, 2.05) is 6.07 Å². The number of piperazine rings is 1. The Hall–Kier alpha value is -3.16. The maximum atomic E-state index is 5.58. The highest BCUT2D eigenvalue weighted by Gasteiger charge is 2.21. The summed E-state index contributed by atoms with van der Waals surface area (Å²) in [7, 11) is 2.19. The van der Waals surface area contributed by atoms with Crippen molar-refractivity contribution in [3.05, 3.63) is 48.5 Å². The second-order valence-electron chi connectivity index (χ2n) is 8.73. The summed E-state index contributed by atoms with van der Waals surface area (Å²) in [5.74, 6) is 1.85. The van der Waals surface area contributed by atoms with E-state index in [9.17, 15) is 0 Å². The third kappa shape index (κ3) is 3.57. The quantitative estimate of drug-likeness (QED) is 0.540. The van der Waals surface area contributed by atoms with Crippen LogP contribution < -0.4 is 9.80 Å². The molecule has 2 aliphatic heterocycles. The molecule has 2 aromatic heterocycles. The van der Waals surface area contributed by atoms with Gasteiger partial charge in [-0.15, -0.1) is 0 Å². The van der Waals surface area contributed by atoms with Gasteiger partial charge >= 0.3 is 0 Å². The molecule has 1 N–H and O–H groups in total. The highest BCUT2D eigenvalue weighted by Crippen LogP contribution is 2.33. The normalized spacial score (nSPS) is 18.0. The minimum atomic E-state index is 0.725. The van der Waals surface area contributed by atoms with E-state index in [2.05, 4.69) is 69.2 Å². The predicted molar refractivity (Wildman–Crippen MR) is 130 cm³/mol. The van der Waals surface area contributed by atoms with Gasteiger partial charge in [0.15, 0.2) is 0 Å². The molecule has 0 unspecified atom stereocenters. The van der Waals surface area contributed by atoms with Gasteiger partial charge in [-0.2, -0.15) is 0 Å². The van der Waals surface area contributed by atoms with Gasteiger partial charge in [0.05, 0.1) is 35.3 Å². The van der Waals surface area contributed by atoms with E-state index < -0.39 is 0 Å². The van der Waals surface area contributed by atoms with Crippen molar-refractivity contribution < 1.29 is 4.74 Å². The molecule has 0 radical (unpaired) electrons. The molecule has 2 aromatic carbocycles. The summed E-state index contributed by atoms with van der Waals surface area (Å²) in [6.45, 7) is 7.43. The van der Waals surface area contributed by atoms with Gasteiger partial charge < -0.3 is 24.4 Å². The molecule has 4 aromatic rings. The Bertz CT molecular complexity index is 1250.